The maximum Gasteiger partial charge on any atom is 0.351 e. The van der Waals surface area contributed by atoms with Gasteiger partial charge in [0.25, 0.3) is 0 Å². The van der Waals surface area contributed by atoms with Gasteiger partial charge in [-0.2, -0.15) is 0 Å². The van der Waals surface area contributed by atoms with E-state index in [9.17, 15) is 4.79 Å². The van der Waals surface area contributed by atoms with Gasteiger partial charge in [0.1, 0.15) is 0 Å². The summed E-state index contributed by atoms with van der Waals surface area (Å²) in [6.45, 7) is 2.08. The molecule has 2 aromatic carbocycles. The lowest BCUT2D eigenvalue weighted by molar-refractivity contribution is -0.158. The maximum atomic E-state index is 12.2. The van der Waals surface area contributed by atoms with E-state index in [0.29, 0.717) is 18.1 Å². The molecule has 2 unspecified atom stereocenters. The van der Waals surface area contributed by atoms with Crippen LogP contribution in [0.5, 0.6) is 11.5 Å². The molecular formula is C17H16O4. The van der Waals surface area contributed by atoms with E-state index >= 15 is 0 Å². The van der Waals surface area contributed by atoms with Crippen molar-refractivity contribution in [1.29, 1.82) is 0 Å². The topological polar surface area (TPSA) is 44.8 Å². The summed E-state index contributed by atoms with van der Waals surface area (Å²) in [4.78, 5) is 12.2. The number of hydrogen-bond donors (Lipinski definition) is 0. The fraction of sp³-hybridized carbons (Fsp3) is 0.235. The molecule has 0 aliphatic carbocycles. The Kier molecular flexibility index (Phi) is 3.77. The van der Waals surface area contributed by atoms with Crippen LogP contribution >= 0.6 is 0 Å². The summed E-state index contributed by atoms with van der Waals surface area (Å²) in [6, 6.07) is 16.9. The summed E-state index contributed by atoms with van der Waals surface area (Å²) >= 11 is 0. The van der Waals surface area contributed by atoms with Gasteiger partial charge in [-0.25, -0.2) is 4.79 Å². The first-order valence-corrected chi connectivity index (χ1v) is 6.93. The summed E-state index contributed by atoms with van der Waals surface area (Å²) in [5.74, 6) is 0.774. The highest BCUT2D eigenvalue weighted by Gasteiger charge is 2.39. The molecule has 0 fully saturated rings. The molecule has 0 amide bonds. The van der Waals surface area contributed by atoms with Crippen molar-refractivity contribution in [3.8, 4) is 11.5 Å². The second kappa shape index (κ2) is 5.87. The Labute approximate surface area is 123 Å². The molecule has 2 atom stereocenters. The van der Waals surface area contributed by atoms with Crippen molar-refractivity contribution in [2.75, 3.05) is 6.61 Å². The third kappa shape index (κ3) is 2.70. The van der Waals surface area contributed by atoms with Crippen LogP contribution in [-0.4, -0.2) is 18.7 Å². The zero-order chi connectivity index (χ0) is 14.7. The van der Waals surface area contributed by atoms with E-state index in [2.05, 4.69) is 0 Å². The van der Waals surface area contributed by atoms with Crippen LogP contribution in [0.15, 0.2) is 54.6 Å². The van der Waals surface area contributed by atoms with Gasteiger partial charge in [0, 0.05) is 0 Å². The lowest BCUT2D eigenvalue weighted by Crippen LogP contribution is -2.40. The van der Waals surface area contributed by atoms with Crippen molar-refractivity contribution in [2.24, 2.45) is 0 Å². The van der Waals surface area contributed by atoms with Crippen molar-refractivity contribution in [2.45, 2.75) is 19.1 Å². The first-order chi connectivity index (χ1) is 10.3. The maximum absolute atomic E-state index is 12.2. The minimum atomic E-state index is -0.803. The molecule has 0 bridgehead atoms. The zero-order valence-electron chi connectivity index (χ0n) is 11.7. The fourth-order valence-corrected chi connectivity index (χ4v) is 2.32. The van der Waals surface area contributed by atoms with Gasteiger partial charge in [0.05, 0.1) is 6.61 Å². The SMILES string of the molecule is CCOC(=O)C1Oc2ccccc2OC1c1ccccc1. The summed E-state index contributed by atoms with van der Waals surface area (Å²) in [5.41, 5.74) is 0.880. The molecule has 0 saturated carbocycles. The molecule has 0 radical (unpaired) electrons. The highest BCUT2D eigenvalue weighted by Crippen LogP contribution is 2.39. The van der Waals surface area contributed by atoms with Crippen LogP contribution in [-0.2, 0) is 9.53 Å². The number of benzene rings is 2. The number of ether oxygens (including phenoxy) is 3. The normalized spacial score (nSPS) is 19.9. The first-order valence-electron chi connectivity index (χ1n) is 6.93. The lowest BCUT2D eigenvalue weighted by atomic mass is 10.0. The average molecular weight is 284 g/mol. The predicted octanol–water partition coefficient (Wildman–Crippen LogP) is 3.13. The van der Waals surface area contributed by atoms with E-state index in [1.807, 2.05) is 48.5 Å². The molecule has 4 heteroatoms. The van der Waals surface area contributed by atoms with Crippen molar-refractivity contribution in [1.82, 2.24) is 0 Å². The number of carbonyl (C=O) groups is 1. The van der Waals surface area contributed by atoms with Gasteiger partial charge in [0.15, 0.2) is 17.6 Å². The Hall–Kier alpha value is -2.49. The molecule has 4 nitrogen and oxygen atoms in total. The predicted molar refractivity (Wildman–Crippen MR) is 77.3 cm³/mol. The Balaban J connectivity index is 1.96. The quantitative estimate of drug-likeness (QED) is 0.812. The molecule has 1 aliphatic rings. The largest absolute Gasteiger partial charge is 0.477 e. The molecule has 21 heavy (non-hydrogen) atoms. The Bertz CT molecular complexity index is 624. The van der Waals surface area contributed by atoms with Crippen LogP contribution in [0.3, 0.4) is 0 Å². The van der Waals surface area contributed by atoms with Crippen molar-refractivity contribution in [3.63, 3.8) is 0 Å². The molecular weight excluding hydrogens is 268 g/mol. The Morgan fingerprint density at radius 2 is 1.62 bits per heavy atom. The van der Waals surface area contributed by atoms with E-state index in [-0.39, 0.29) is 0 Å². The number of carbonyl (C=O) groups excluding carboxylic acids is 1. The number of esters is 1. The van der Waals surface area contributed by atoms with Gasteiger partial charge < -0.3 is 14.2 Å². The van der Waals surface area contributed by atoms with Crippen LogP contribution in [0.2, 0.25) is 0 Å². The van der Waals surface area contributed by atoms with Crippen molar-refractivity contribution >= 4 is 5.97 Å². The van der Waals surface area contributed by atoms with E-state index in [1.54, 1.807) is 13.0 Å². The standard InChI is InChI=1S/C17H16O4/c1-2-19-17(18)16-15(12-8-4-3-5-9-12)20-13-10-6-7-11-14(13)21-16/h3-11,15-16H,2H2,1H3. The van der Waals surface area contributed by atoms with Crippen LogP contribution in [0, 0.1) is 0 Å². The molecule has 0 N–H and O–H groups in total. The summed E-state index contributed by atoms with van der Waals surface area (Å²) in [5, 5.41) is 0. The highest BCUT2D eigenvalue weighted by molar-refractivity contribution is 5.77. The van der Waals surface area contributed by atoms with Gasteiger partial charge in [-0.15, -0.1) is 0 Å². The second-order valence-corrected chi connectivity index (χ2v) is 4.69. The smallest absolute Gasteiger partial charge is 0.351 e. The number of rotatable bonds is 3. The van der Waals surface area contributed by atoms with Gasteiger partial charge in [-0.05, 0) is 24.6 Å². The number of para-hydroxylation sites is 2. The van der Waals surface area contributed by atoms with Crippen molar-refractivity contribution < 1.29 is 19.0 Å². The van der Waals surface area contributed by atoms with Crippen molar-refractivity contribution in [3.05, 3.63) is 60.2 Å². The first kappa shape index (κ1) is 13.5. The van der Waals surface area contributed by atoms with E-state index in [4.69, 9.17) is 14.2 Å². The average Bonchev–Trinajstić information content (AvgIpc) is 2.54. The third-order valence-corrected chi connectivity index (χ3v) is 3.28. The molecule has 108 valence electrons. The summed E-state index contributed by atoms with van der Waals surface area (Å²) in [6.07, 6.45) is -1.32. The van der Waals surface area contributed by atoms with E-state index in [1.165, 1.54) is 0 Å². The van der Waals surface area contributed by atoms with Crippen LogP contribution in [0.4, 0.5) is 0 Å². The van der Waals surface area contributed by atoms with Gasteiger partial charge >= 0.3 is 5.97 Å². The third-order valence-electron chi connectivity index (χ3n) is 3.28. The molecule has 1 heterocycles. The second-order valence-electron chi connectivity index (χ2n) is 4.69. The van der Waals surface area contributed by atoms with Crippen LogP contribution in [0.25, 0.3) is 0 Å². The minimum Gasteiger partial charge on any atom is -0.477 e. The van der Waals surface area contributed by atoms with Gasteiger partial charge in [-0.3, -0.25) is 0 Å². The monoisotopic (exact) mass is 284 g/mol. The Morgan fingerprint density at radius 3 is 2.29 bits per heavy atom. The molecule has 3 rings (SSSR count). The van der Waals surface area contributed by atoms with Gasteiger partial charge in [0.2, 0.25) is 6.10 Å². The molecule has 0 spiro atoms. The molecule has 2 aromatic rings. The van der Waals surface area contributed by atoms with E-state index < -0.39 is 18.2 Å². The number of fused-ring (bicyclic) bond motifs is 1. The number of hydrogen-bond acceptors (Lipinski definition) is 4. The van der Waals surface area contributed by atoms with Crippen LogP contribution in [0.1, 0.15) is 18.6 Å². The Morgan fingerprint density at radius 1 is 1.00 bits per heavy atom. The molecule has 0 saturated heterocycles. The van der Waals surface area contributed by atoms with Crippen LogP contribution < -0.4 is 9.47 Å². The minimum absolute atomic E-state index is 0.307. The summed E-state index contributed by atoms with van der Waals surface area (Å²) in [7, 11) is 0. The fourth-order valence-electron chi connectivity index (χ4n) is 2.32. The highest BCUT2D eigenvalue weighted by atomic mass is 16.6. The van der Waals surface area contributed by atoms with Gasteiger partial charge in [-0.1, -0.05) is 42.5 Å². The summed E-state index contributed by atoms with van der Waals surface area (Å²) < 4.78 is 16.9. The lowest BCUT2D eigenvalue weighted by Gasteiger charge is -2.32. The zero-order valence-corrected chi connectivity index (χ0v) is 11.7. The molecule has 1 aliphatic heterocycles. The van der Waals surface area contributed by atoms with E-state index in [0.717, 1.165) is 5.56 Å². The molecule has 0 aromatic heterocycles.